The second-order valence-electron chi connectivity index (χ2n) is 6.41. The van der Waals surface area contributed by atoms with Crippen molar-refractivity contribution in [3.8, 4) is 5.75 Å². The summed E-state index contributed by atoms with van der Waals surface area (Å²) in [6.45, 7) is 8.80. The fourth-order valence-corrected chi connectivity index (χ4v) is 3.30. The van der Waals surface area contributed by atoms with Crippen LogP contribution < -0.4 is 14.5 Å². The number of aromatic nitrogens is 2. The van der Waals surface area contributed by atoms with Gasteiger partial charge in [-0.2, -0.15) is 0 Å². The molecule has 2 aromatic rings. The zero-order valence-corrected chi connectivity index (χ0v) is 16.3. The van der Waals surface area contributed by atoms with E-state index in [-0.39, 0.29) is 5.91 Å². The minimum absolute atomic E-state index is 0.0412. The highest BCUT2D eigenvalue weighted by atomic mass is 16.5. The minimum Gasteiger partial charge on any atom is -0.497 e. The van der Waals surface area contributed by atoms with Crippen molar-refractivity contribution in [1.82, 2.24) is 14.9 Å². The summed E-state index contributed by atoms with van der Waals surface area (Å²) in [5, 5.41) is 0. The minimum atomic E-state index is -0.0412. The molecule has 7 heteroatoms. The second-order valence-corrected chi connectivity index (χ2v) is 6.41. The SMILES string of the molecule is CCN(CC)C(=O)c1cc(N2CCN(c3ccc(OC)cc3)CC2)ncn1. The lowest BCUT2D eigenvalue weighted by Crippen LogP contribution is -2.47. The Bertz CT molecular complexity index is 753. The number of ether oxygens (including phenoxy) is 1. The third-order valence-electron chi connectivity index (χ3n) is 4.96. The molecule has 27 heavy (non-hydrogen) atoms. The second kappa shape index (κ2) is 8.70. The first-order chi connectivity index (χ1) is 13.2. The number of benzene rings is 1. The highest BCUT2D eigenvalue weighted by molar-refractivity contribution is 5.92. The van der Waals surface area contributed by atoms with Crippen LogP contribution in [0.3, 0.4) is 0 Å². The summed E-state index contributed by atoms with van der Waals surface area (Å²) in [4.78, 5) is 27.4. The number of hydrogen-bond donors (Lipinski definition) is 0. The third kappa shape index (κ3) is 4.30. The molecule has 1 fully saturated rings. The summed E-state index contributed by atoms with van der Waals surface area (Å²) < 4.78 is 5.22. The van der Waals surface area contributed by atoms with Crippen molar-refractivity contribution in [1.29, 1.82) is 0 Å². The molecule has 1 aromatic carbocycles. The zero-order valence-electron chi connectivity index (χ0n) is 16.3. The predicted octanol–water partition coefficient (Wildman–Crippen LogP) is 2.29. The van der Waals surface area contributed by atoms with Crippen molar-refractivity contribution >= 4 is 17.4 Å². The molecule has 0 N–H and O–H groups in total. The quantitative estimate of drug-likeness (QED) is 0.779. The van der Waals surface area contributed by atoms with Crippen LogP contribution in [-0.2, 0) is 0 Å². The van der Waals surface area contributed by atoms with Gasteiger partial charge in [0.1, 0.15) is 23.6 Å². The molecule has 0 bridgehead atoms. The van der Waals surface area contributed by atoms with Crippen LogP contribution in [0.4, 0.5) is 11.5 Å². The Kier molecular flexibility index (Phi) is 6.11. The van der Waals surface area contributed by atoms with Crippen LogP contribution in [0.2, 0.25) is 0 Å². The molecule has 0 unspecified atom stereocenters. The van der Waals surface area contributed by atoms with Gasteiger partial charge in [0.15, 0.2) is 0 Å². The number of carbonyl (C=O) groups is 1. The monoisotopic (exact) mass is 369 g/mol. The molecule has 3 rings (SSSR count). The molecule has 7 nitrogen and oxygen atoms in total. The molecule has 1 saturated heterocycles. The predicted molar refractivity (Wildman–Crippen MR) is 107 cm³/mol. The van der Waals surface area contributed by atoms with E-state index in [9.17, 15) is 4.79 Å². The Hall–Kier alpha value is -2.83. The fourth-order valence-electron chi connectivity index (χ4n) is 3.30. The molecular formula is C20H27N5O2. The molecule has 1 amide bonds. The summed E-state index contributed by atoms with van der Waals surface area (Å²) in [5.41, 5.74) is 1.65. The molecule has 0 spiro atoms. The molecule has 1 aliphatic rings. The van der Waals surface area contributed by atoms with Gasteiger partial charge in [-0.3, -0.25) is 4.79 Å². The van der Waals surface area contributed by atoms with E-state index in [1.807, 2.05) is 32.0 Å². The molecule has 1 aromatic heterocycles. The first-order valence-corrected chi connectivity index (χ1v) is 9.41. The van der Waals surface area contributed by atoms with Gasteiger partial charge in [-0.1, -0.05) is 0 Å². The maximum Gasteiger partial charge on any atom is 0.272 e. The largest absolute Gasteiger partial charge is 0.497 e. The highest BCUT2D eigenvalue weighted by Gasteiger charge is 2.21. The topological polar surface area (TPSA) is 61.8 Å². The maximum atomic E-state index is 12.5. The Morgan fingerprint density at radius 2 is 1.67 bits per heavy atom. The van der Waals surface area contributed by atoms with Gasteiger partial charge in [0.25, 0.3) is 5.91 Å². The van der Waals surface area contributed by atoms with Crippen LogP contribution in [-0.4, -0.2) is 67.2 Å². The number of anilines is 2. The Morgan fingerprint density at radius 3 is 2.26 bits per heavy atom. The molecule has 1 aliphatic heterocycles. The number of rotatable bonds is 6. The summed E-state index contributed by atoms with van der Waals surface area (Å²) in [6, 6.07) is 9.94. The Labute approximate surface area is 160 Å². The molecule has 0 atom stereocenters. The number of hydrogen-bond acceptors (Lipinski definition) is 6. The highest BCUT2D eigenvalue weighted by Crippen LogP contribution is 2.22. The average molecular weight is 369 g/mol. The van der Waals surface area contributed by atoms with E-state index >= 15 is 0 Å². The maximum absolute atomic E-state index is 12.5. The van der Waals surface area contributed by atoms with E-state index in [4.69, 9.17) is 4.74 Å². The van der Waals surface area contributed by atoms with Crippen molar-refractivity contribution in [3.05, 3.63) is 42.4 Å². The Morgan fingerprint density at radius 1 is 1.04 bits per heavy atom. The van der Waals surface area contributed by atoms with Crippen LogP contribution in [0.15, 0.2) is 36.7 Å². The summed E-state index contributed by atoms with van der Waals surface area (Å²) >= 11 is 0. The standard InChI is InChI=1S/C20H27N5O2/c1-4-23(5-2)20(26)18-14-19(22-15-21-18)25-12-10-24(11-13-25)16-6-8-17(27-3)9-7-16/h6-9,14-15H,4-5,10-13H2,1-3H3. The molecule has 0 radical (unpaired) electrons. The number of methoxy groups -OCH3 is 1. The smallest absolute Gasteiger partial charge is 0.272 e. The molecular weight excluding hydrogens is 342 g/mol. The molecule has 0 saturated carbocycles. The van der Waals surface area contributed by atoms with Gasteiger partial charge < -0.3 is 19.4 Å². The number of nitrogens with zero attached hydrogens (tertiary/aromatic N) is 5. The van der Waals surface area contributed by atoms with Crippen molar-refractivity contribution in [2.45, 2.75) is 13.8 Å². The van der Waals surface area contributed by atoms with E-state index in [2.05, 4.69) is 31.9 Å². The summed E-state index contributed by atoms with van der Waals surface area (Å²) in [5.74, 6) is 1.64. The van der Waals surface area contributed by atoms with E-state index in [0.717, 1.165) is 37.7 Å². The Balaban J connectivity index is 1.65. The van der Waals surface area contributed by atoms with Crippen LogP contribution in [0.25, 0.3) is 0 Å². The van der Waals surface area contributed by atoms with Crippen molar-refractivity contribution < 1.29 is 9.53 Å². The van der Waals surface area contributed by atoms with E-state index in [1.54, 1.807) is 12.0 Å². The molecule has 0 aliphatic carbocycles. The van der Waals surface area contributed by atoms with Gasteiger partial charge in [-0.25, -0.2) is 9.97 Å². The van der Waals surface area contributed by atoms with Crippen LogP contribution in [0.1, 0.15) is 24.3 Å². The van der Waals surface area contributed by atoms with E-state index in [0.29, 0.717) is 18.8 Å². The third-order valence-corrected chi connectivity index (χ3v) is 4.96. The lowest BCUT2D eigenvalue weighted by atomic mass is 10.2. The van der Waals surface area contributed by atoms with Crippen LogP contribution in [0.5, 0.6) is 5.75 Å². The van der Waals surface area contributed by atoms with Crippen LogP contribution >= 0.6 is 0 Å². The van der Waals surface area contributed by atoms with Crippen molar-refractivity contribution in [2.24, 2.45) is 0 Å². The van der Waals surface area contributed by atoms with Gasteiger partial charge >= 0.3 is 0 Å². The average Bonchev–Trinajstić information content (AvgIpc) is 2.75. The zero-order chi connectivity index (χ0) is 19.2. The lowest BCUT2D eigenvalue weighted by molar-refractivity contribution is 0.0767. The molecule has 2 heterocycles. The first-order valence-electron chi connectivity index (χ1n) is 9.41. The van der Waals surface area contributed by atoms with Gasteiger partial charge in [0, 0.05) is 51.0 Å². The van der Waals surface area contributed by atoms with Gasteiger partial charge in [0.2, 0.25) is 0 Å². The summed E-state index contributed by atoms with van der Waals surface area (Å²) in [7, 11) is 1.68. The van der Waals surface area contributed by atoms with Gasteiger partial charge in [-0.05, 0) is 38.1 Å². The number of amides is 1. The van der Waals surface area contributed by atoms with Gasteiger partial charge in [0.05, 0.1) is 7.11 Å². The van der Waals surface area contributed by atoms with E-state index in [1.165, 1.54) is 12.0 Å². The lowest BCUT2D eigenvalue weighted by Gasteiger charge is -2.36. The van der Waals surface area contributed by atoms with Crippen molar-refractivity contribution in [2.75, 3.05) is 56.2 Å². The summed E-state index contributed by atoms with van der Waals surface area (Å²) in [6.07, 6.45) is 1.49. The number of carbonyl (C=O) groups excluding carboxylic acids is 1. The number of piperazine rings is 1. The van der Waals surface area contributed by atoms with Crippen LogP contribution in [0, 0.1) is 0 Å². The molecule has 144 valence electrons. The van der Waals surface area contributed by atoms with Gasteiger partial charge in [-0.15, -0.1) is 0 Å². The fraction of sp³-hybridized carbons (Fsp3) is 0.450. The first kappa shape index (κ1) is 18.9. The van der Waals surface area contributed by atoms with E-state index < -0.39 is 0 Å². The van der Waals surface area contributed by atoms with Crippen molar-refractivity contribution in [3.63, 3.8) is 0 Å². The normalized spacial score (nSPS) is 14.2.